The smallest absolute Gasteiger partial charge is 0.381 e. The van der Waals surface area contributed by atoms with E-state index >= 15 is 0 Å². The van der Waals surface area contributed by atoms with Crippen molar-refractivity contribution in [2.24, 2.45) is 11.7 Å². The molecule has 140 valence electrons. The number of nitrogens with two attached hydrogens (primary N) is 1. The Labute approximate surface area is 145 Å². The van der Waals surface area contributed by atoms with Crippen molar-refractivity contribution in [2.45, 2.75) is 44.3 Å². The molecule has 0 radical (unpaired) electrons. The van der Waals surface area contributed by atoms with E-state index in [9.17, 15) is 18.0 Å². The Balaban J connectivity index is 2.25. The molecule has 2 atom stereocenters. The lowest BCUT2D eigenvalue weighted by atomic mass is 9.73. The Kier molecular flexibility index (Phi) is 6.11. The molecule has 1 aliphatic rings. The van der Waals surface area contributed by atoms with E-state index in [4.69, 9.17) is 10.5 Å². The summed E-state index contributed by atoms with van der Waals surface area (Å²) in [6.07, 6.45) is -3.28. The average Bonchev–Trinajstić information content (AvgIpc) is 2.59. The van der Waals surface area contributed by atoms with E-state index in [1.165, 1.54) is 12.1 Å². The highest BCUT2D eigenvalue weighted by atomic mass is 19.4. The Bertz CT molecular complexity index is 596. The molecule has 25 heavy (non-hydrogen) atoms. The van der Waals surface area contributed by atoms with Crippen LogP contribution in [0.25, 0.3) is 0 Å². The second-order valence-electron chi connectivity index (χ2n) is 6.84. The summed E-state index contributed by atoms with van der Waals surface area (Å²) in [5.74, 6) is -0.550. The van der Waals surface area contributed by atoms with Crippen molar-refractivity contribution in [1.82, 2.24) is 5.32 Å². The highest BCUT2D eigenvalue weighted by Crippen LogP contribution is 2.37. The van der Waals surface area contributed by atoms with Crippen LogP contribution in [0.3, 0.4) is 0 Å². The van der Waals surface area contributed by atoms with Crippen LogP contribution in [0.5, 0.6) is 0 Å². The first kappa shape index (κ1) is 19.7. The minimum atomic E-state index is -4.39. The van der Waals surface area contributed by atoms with Crippen LogP contribution in [-0.2, 0) is 21.1 Å². The van der Waals surface area contributed by atoms with Gasteiger partial charge >= 0.3 is 6.18 Å². The Morgan fingerprint density at radius 3 is 2.52 bits per heavy atom. The van der Waals surface area contributed by atoms with Crippen LogP contribution in [0, 0.1) is 5.92 Å². The monoisotopic (exact) mass is 358 g/mol. The number of halogens is 3. The summed E-state index contributed by atoms with van der Waals surface area (Å²) < 4.78 is 44.6. The Hall–Kier alpha value is -1.60. The maximum atomic E-state index is 13.1. The van der Waals surface area contributed by atoms with Crippen molar-refractivity contribution in [1.29, 1.82) is 0 Å². The molecule has 2 unspecified atom stereocenters. The summed E-state index contributed by atoms with van der Waals surface area (Å²) in [4.78, 5) is 12.2. The van der Waals surface area contributed by atoms with E-state index in [2.05, 4.69) is 5.32 Å². The summed E-state index contributed by atoms with van der Waals surface area (Å²) in [5.41, 5.74) is 5.10. The highest BCUT2D eigenvalue weighted by Gasteiger charge is 2.38. The van der Waals surface area contributed by atoms with E-state index in [1.54, 1.807) is 19.9 Å². The average molecular weight is 358 g/mol. The van der Waals surface area contributed by atoms with E-state index in [0.717, 1.165) is 6.07 Å². The molecular weight excluding hydrogens is 333 g/mol. The summed E-state index contributed by atoms with van der Waals surface area (Å²) in [5, 5.41) is 2.88. The predicted octanol–water partition coefficient (Wildman–Crippen LogP) is 2.85. The zero-order chi connectivity index (χ0) is 18.7. The summed E-state index contributed by atoms with van der Waals surface area (Å²) >= 11 is 0. The van der Waals surface area contributed by atoms with Crippen molar-refractivity contribution >= 4 is 5.91 Å². The number of hydrogen-bond acceptors (Lipinski definition) is 3. The molecule has 0 spiro atoms. The van der Waals surface area contributed by atoms with Crippen LogP contribution in [-0.4, -0.2) is 31.7 Å². The van der Waals surface area contributed by atoms with Crippen LogP contribution in [0.1, 0.15) is 37.8 Å². The van der Waals surface area contributed by atoms with Crippen molar-refractivity contribution in [3.05, 3.63) is 35.4 Å². The fourth-order valence-corrected chi connectivity index (χ4v) is 3.01. The van der Waals surface area contributed by atoms with Gasteiger partial charge in [-0.1, -0.05) is 25.1 Å². The number of carbonyl (C=O) groups is 1. The number of benzene rings is 1. The number of alkyl halides is 3. The number of amides is 1. The maximum Gasteiger partial charge on any atom is 0.416 e. The van der Waals surface area contributed by atoms with Gasteiger partial charge in [0.05, 0.1) is 5.56 Å². The van der Waals surface area contributed by atoms with Gasteiger partial charge in [0.2, 0.25) is 5.91 Å². The van der Waals surface area contributed by atoms with Crippen molar-refractivity contribution < 1.29 is 22.7 Å². The number of ether oxygens (including phenoxy) is 1. The number of nitrogens with one attached hydrogen (secondary N) is 1. The third kappa shape index (κ3) is 4.73. The van der Waals surface area contributed by atoms with Gasteiger partial charge in [-0.3, -0.25) is 4.79 Å². The largest absolute Gasteiger partial charge is 0.416 e. The minimum Gasteiger partial charge on any atom is -0.381 e. The molecular formula is C18H25F3N2O2. The zero-order valence-electron chi connectivity index (χ0n) is 14.5. The van der Waals surface area contributed by atoms with Crippen LogP contribution in [0.2, 0.25) is 0 Å². The van der Waals surface area contributed by atoms with Gasteiger partial charge in [-0.2, -0.15) is 13.2 Å². The molecule has 1 fully saturated rings. The van der Waals surface area contributed by atoms with Crippen LogP contribution in [0.15, 0.2) is 24.3 Å². The second-order valence-corrected chi connectivity index (χ2v) is 6.84. The molecule has 0 bridgehead atoms. The number of rotatable bonds is 5. The molecule has 1 heterocycles. The summed E-state index contributed by atoms with van der Waals surface area (Å²) in [6.45, 7) is 4.67. The molecule has 1 aromatic rings. The molecule has 1 aliphatic heterocycles. The van der Waals surface area contributed by atoms with Crippen LogP contribution in [0.4, 0.5) is 13.2 Å². The molecule has 7 heteroatoms. The third-order valence-corrected chi connectivity index (χ3v) is 5.06. The van der Waals surface area contributed by atoms with Gasteiger partial charge in [0, 0.05) is 37.1 Å². The minimum absolute atomic E-state index is 0.187. The van der Waals surface area contributed by atoms with Gasteiger partial charge in [0.1, 0.15) is 0 Å². The summed E-state index contributed by atoms with van der Waals surface area (Å²) in [6, 6.07) is 5.07. The summed E-state index contributed by atoms with van der Waals surface area (Å²) in [7, 11) is 0. The fraction of sp³-hybridized carbons (Fsp3) is 0.611. The van der Waals surface area contributed by atoms with E-state index in [0.29, 0.717) is 31.6 Å². The van der Waals surface area contributed by atoms with Crippen molar-refractivity contribution in [3.8, 4) is 0 Å². The lowest BCUT2D eigenvalue weighted by molar-refractivity contribution is -0.137. The molecule has 4 nitrogen and oxygen atoms in total. The van der Waals surface area contributed by atoms with Gasteiger partial charge in [0.25, 0.3) is 0 Å². The maximum absolute atomic E-state index is 13.1. The Morgan fingerprint density at radius 1 is 1.32 bits per heavy atom. The third-order valence-electron chi connectivity index (χ3n) is 5.06. The topological polar surface area (TPSA) is 64.4 Å². The van der Waals surface area contributed by atoms with Gasteiger partial charge in [0.15, 0.2) is 0 Å². The first-order valence-electron chi connectivity index (χ1n) is 8.44. The van der Waals surface area contributed by atoms with E-state index in [1.807, 2.05) is 0 Å². The van der Waals surface area contributed by atoms with Gasteiger partial charge in [-0.05, 0) is 31.4 Å². The first-order chi connectivity index (χ1) is 11.7. The van der Waals surface area contributed by atoms with Crippen molar-refractivity contribution in [3.63, 3.8) is 0 Å². The molecule has 2 rings (SSSR count). The molecule has 0 aromatic heterocycles. The molecule has 1 amide bonds. The highest BCUT2D eigenvalue weighted by molar-refractivity contribution is 5.79. The second kappa shape index (κ2) is 7.74. The van der Waals surface area contributed by atoms with Gasteiger partial charge < -0.3 is 15.8 Å². The Morgan fingerprint density at radius 2 is 1.96 bits per heavy atom. The van der Waals surface area contributed by atoms with Gasteiger partial charge in [-0.25, -0.2) is 0 Å². The molecule has 1 aromatic carbocycles. The normalized spacial score (nSPS) is 19.9. The van der Waals surface area contributed by atoms with E-state index < -0.39 is 17.2 Å². The number of carbonyl (C=O) groups excluding carboxylic acids is 1. The van der Waals surface area contributed by atoms with Crippen LogP contribution < -0.4 is 11.1 Å². The zero-order valence-corrected chi connectivity index (χ0v) is 14.5. The van der Waals surface area contributed by atoms with Crippen molar-refractivity contribution in [2.75, 3.05) is 19.8 Å². The molecule has 0 saturated carbocycles. The fourth-order valence-electron chi connectivity index (χ4n) is 3.01. The lowest BCUT2D eigenvalue weighted by Gasteiger charge is -2.38. The molecule has 1 saturated heterocycles. The quantitative estimate of drug-likeness (QED) is 0.851. The lowest BCUT2D eigenvalue weighted by Crippen LogP contribution is -2.47. The predicted molar refractivity (Wildman–Crippen MR) is 89.0 cm³/mol. The van der Waals surface area contributed by atoms with Crippen LogP contribution >= 0.6 is 0 Å². The standard InChI is InChI=1S/C18H25F3N2O2/c1-12(13(2)22)16(24)23-11-17(6-8-25-9-7-17)14-4-3-5-15(10-14)18(19,20)21/h3-5,10,12-13H,6-9,11,22H2,1-2H3,(H,23,24). The number of hydrogen-bond donors (Lipinski definition) is 2. The van der Waals surface area contributed by atoms with Gasteiger partial charge in [-0.15, -0.1) is 0 Å². The molecule has 3 N–H and O–H groups in total. The van der Waals surface area contributed by atoms with E-state index in [-0.39, 0.29) is 24.4 Å². The first-order valence-corrected chi connectivity index (χ1v) is 8.44. The molecule has 0 aliphatic carbocycles. The SMILES string of the molecule is CC(N)C(C)C(=O)NCC1(c2cccc(C(F)(F)F)c2)CCOCC1.